The molecule has 112 valence electrons. The van der Waals surface area contributed by atoms with E-state index in [1.165, 1.54) is 12.8 Å². The van der Waals surface area contributed by atoms with E-state index in [0.29, 0.717) is 5.95 Å². The molecule has 1 fully saturated rings. The van der Waals surface area contributed by atoms with Crippen molar-refractivity contribution in [3.05, 3.63) is 24.3 Å². The van der Waals surface area contributed by atoms with Gasteiger partial charge in [-0.2, -0.15) is 4.98 Å². The standard InChI is InChI=1S/C16H22N4O/c1-17-16-18-14-6-4-3-5-13(14)15(19-16)20(2)9-10-21-11-12-7-8-12/h3-6,12H,7-11H2,1-2H3,(H,17,18,19). The molecule has 1 aliphatic carbocycles. The Kier molecular flexibility index (Phi) is 4.20. The minimum absolute atomic E-state index is 0.648. The van der Waals surface area contributed by atoms with Gasteiger partial charge in [-0.1, -0.05) is 12.1 Å². The number of benzene rings is 1. The molecule has 0 amide bonds. The van der Waals surface area contributed by atoms with Gasteiger partial charge in [0.25, 0.3) is 0 Å². The average Bonchev–Trinajstić information content (AvgIpc) is 3.34. The normalized spacial score (nSPS) is 14.4. The third kappa shape index (κ3) is 3.42. The Bertz CT molecular complexity index is 612. The van der Waals surface area contributed by atoms with Gasteiger partial charge >= 0.3 is 0 Å². The van der Waals surface area contributed by atoms with Gasteiger partial charge in [-0.3, -0.25) is 0 Å². The topological polar surface area (TPSA) is 50.3 Å². The van der Waals surface area contributed by atoms with Crippen molar-refractivity contribution >= 4 is 22.7 Å². The lowest BCUT2D eigenvalue weighted by Gasteiger charge is -2.20. The number of ether oxygens (including phenoxy) is 1. The van der Waals surface area contributed by atoms with E-state index >= 15 is 0 Å². The highest BCUT2D eigenvalue weighted by atomic mass is 16.5. The lowest BCUT2D eigenvalue weighted by molar-refractivity contribution is 0.131. The quantitative estimate of drug-likeness (QED) is 0.793. The molecule has 21 heavy (non-hydrogen) atoms. The molecule has 1 saturated carbocycles. The first-order chi connectivity index (χ1) is 10.3. The number of likely N-dealkylation sites (N-methyl/N-ethyl adjacent to an activating group) is 1. The zero-order chi connectivity index (χ0) is 14.7. The first-order valence-electron chi connectivity index (χ1n) is 7.51. The van der Waals surface area contributed by atoms with E-state index in [0.717, 1.165) is 42.4 Å². The fourth-order valence-corrected chi connectivity index (χ4v) is 2.30. The second-order valence-corrected chi connectivity index (χ2v) is 5.58. The summed E-state index contributed by atoms with van der Waals surface area (Å²) >= 11 is 0. The molecule has 0 aliphatic heterocycles. The molecule has 0 spiro atoms. The zero-order valence-electron chi connectivity index (χ0n) is 12.7. The summed E-state index contributed by atoms with van der Waals surface area (Å²) in [6.07, 6.45) is 2.66. The van der Waals surface area contributed by atoms with Crippen molar-refractivity contribution in [1.82, 2.24) is 9.97 Å². The van der Waals surface area contributed by atoms with Crippen molar-refractivity contribution in [2.45, 2.75) is 12.8 Å². The molecule has 0 radical (unpaired) electrons. The van der Waals surface area contributed by atoms with Crippen LogP contribution < -0.4 is 10.2 Å². The Morgan fingerprint density at radius 1 is 1.29 bits per heavy atom. The van der Waals surface area contributed by atoms with E-state index in [9.17, 15) is 0 Å². The van der Waals surface area contributed by atoms with Gasteiger partial charge < -0.3 is 15.0 Å². The smallest absolute Gasteiger partial charge is 0.224 e. The van der Waals surface area contributed by atoms with Crippen molar-refractivity contribution in [3.63, 3.8) is 0 Å². The molecule has 0 bridgehead atoms. The van der Waals surface area contributed by atoms with Gasteiger partial charge in [-0.15, -0.1) is 0 Å². The maximum absolute atomic E-state index is 5.72. The number of para-hydroxylation sites is 1. The molecule has 1 heterocycles. The van der Waals surface area contributed by atoms with Crippen LogP contribution in [0.3, 0.4) is 0 Å². The van der Waals surface area contributed by atoms with E-state index in [1.807, 2.05) is 25.2 Å². The van der Waals surface area contributed by atoms with Crippen molar-refractivity contribution in [3.8, 4) is 0 Å². The van der Waals surface area contributed by atoms with Crippen LogP contribution in [0.5, 0.6) is 0 Å². The number of fused-ring (bicyclic) bond motifs is 1. The van der Waals surface area contributed by atoms with Crippen molar-refractivity contribution in [1.29, 1.82) is 0 Å². The Morgan fingerprint density at radius 2 is 2.10 bits per heavy atom. The molecule has 0 unspecified atom stereocenters. The molecule has 0 saturated heterocycles. The summed E-state index contributed by atoms with van der Waals surface area (Å²) in [7, 11) is 3.89. The number of anilines is 2. The minimum atomic E-state index is 0.648. The molecule has 2 aromatic rings. The predicted molar refractivity (Wildman–Crippen MR) is 85.9 cm³/mol. The fourth-order valence-electron chi connectivity index (χ4n) is 2.30. The molecular formula is C16H22N4O. The third-order valence-corrected chi connectivity index (χ3v) is 3.79. The van der Waals surface area contributed by atoms with Crippen LogP contribution in [0.25, 0.3) is 10.9 Å². The number of hydrogen-bond donors (Lipinski definition) is 1. The highest BCUT2D eigenvalue weighted by Crippen LogP contribution is 2.29. The number of nitrogens with one attached hydrogen (secondary N) is 1. The summed E-state index contributed by atoms with van der Waals surface area (Å²) in [6.45, 7) is 2.47. The zero-order valence-corrected chi connectivity index (χ0v) is 12.7. The summed E-state index contributed by atoms with van der Waals surface area (Å²) in [6, 6.07) is 8.09. The number of rotatable bonds is 7. The lowest BCUT2D eigenvalue weighted by Crippen LogP contribution is -2.24. The molecule has 1 N–H and O–H groups in total. The van der Waals surface area contributed by atoms with Crippen molar-refractivity contribution in [2.75, 3.05) is 44.1 Å². The van der Waals surface area contributed by atoms with Crippen LogP contribution in [0.15, 0.2) is 24.3 Å². The molecule has 1 aromatic heterocycles. The maximum Gasteiger partial charge on any atom is 0.224 e. The summed E-state index contributed by atoms with van der Waals surface area (Å²) in [5, 5.41) is 4.10. The summed E-state index contributed by atoms with van der Waals surface area (Å²) < 4.78 is 5.72. The Balaban J connectivity index is 1.73. The SMILES string of the molecule is CNc1nc(N(C)CCOCC2CC2)c2ccccc2n1. The third-order valence-electron chi connectivity index (χ3n) is 3.79. The molecule has 1 aromatic carbocycles. The molecule has 5 heteroatoms. The van der Waals surface area contributed by atoms with Gasteiger partial charge in [-0.25, -0.2) is 4.98 Å². The highest BCUT2D eigenvalue weighted by Gasteiger charge is 2.21. The Hall–Kier alpha value is -1.88. The van der Waals surface area contributed by atoms with Crippen LogP contribution in [0.4, 0.5) is 11.8 Å². The second-order valence-electron chi connectivity index (χ2n) is 5.58. The van der Waals surface area contributed by atoms with Crippen molar-refractivity contribution in [2.24, 2.45) is 5.92 Å². The molecule has 0 atom stereocenters. The Morgan fingerprint density at radius 3 is 2.86 bits per heavy atom. The molecule has 1 aliphatic rings. The molecule has 5 nitrogen and oxygen atoms in total. The minimum Gasteiger partial charge on any atom is -0.379 e. The van der Waals surface area contributed by atoms with Crippen LogP contribution in [0.1, 0.15) is 12.8 Å². The van der Waals surface area contributed by atoms with Gasteiger partial charge in [0.15, 0.2) is 0 Å². The van der Waals surface area contributed by atoms with Crippen LogP contribution >= 0.6 is 0 Å². The van der Waals surface area contributed by atoms with Crippen molar-refractivity contribution < 1.29 is 4.74 Å². The Labute approximate surface area is 125 Å². The van der Waals surface area contributed by atoms with Crippen LogP contribution in [-0.4, -0.2) is 43.8 Å². The molecule has 3 rings (SSSR count). The van der Waals surface area contributed by atoms with E-state index in [4.69, 9.17) is 4.74 Å². The van der Waals surface area contributed by atoms with Crippen LogP contribution in [0.2, 0.25) is 0 Å². The van der Waals surface area contributed by atoms with E-state index in [2.05, 4.69) is 33.3 Å². The average molecular weight is 286 g/mol. The first-order valence-corrected chi connectivity index (χ1v) is 7.51. The predicted octanol–water partition coefficient (Wildman–Crippen LogP) is 2.53. The highest BCUT2D eigenvalue weighted by molar-refractivity contribution is 5.90. The summed E-state index contributed by atoms with van der Waals surface area (Å²) in [4.78, 5) is 11.2. The lowest BCUT2D eigenvalue weighted by atomic mass is 10.2. The van der Waals surface area contributed by atoms with Crippen LogP contribution in [0, 0.1) is 5.92 Å². The summed E-state index contributed by atoms with van der Waals surface area (Å²) in [5.41, 5.74) is 0.956. The second kappa shape index (κ2) is 6.26. The van der Waals surface area contributed by atoms with Gasteiger partial charge in [0.2, 0.25) is 5.95 Å². The summed E-state index contributed by atoms with van der Waals surface area (Å²) in [5.74, 6) is 2.40. The molecular weight excluding hydrogens is 264 g/mol. The van der Waals surface area contributed by atoms with E-state index < -0.39 is 0 Å². The van der Waals surface area contributed by atoms with Gasteiger partial charge in [0.1, 0.15) is 5.82 Å². The van der Waals surface area contributed by atoms with Gasteiger partial charge in [-0.05, 0) is 30.9 Å². The van der Waals surface area contributed by atoms with E-state index in [-0.39, 0.29) is 0 Å². The van der Waals surface area contributed by atoms with E-state index in [1.54, 1.807) is 0 Å². The monoisotopic (exact) mass is 286 g/mol. The van der Waals surface area contributed by atoms with Gasteiger partial charge in [0.05, 0.1) is 12.1 Å². The van der Waals surface area contributed by atoms with Crippen LogP contribution in [-0.2, 0) is 4.74 Å². The van der Waals surface area contributed by atoms with Gasteiger partial charge in [0, 0.05) is 32.6 Å². The maximum atomic E-state index is 5.72. The number of aromatic nitrogens is 2. The number of nitrogens with zero attached hydrogens (tertiary/aromatic N) is 3. The fraction of sp³-hybridized carbons (Fsp3) is 0.500. The first kappa shape index (κ1) is 14.1. The number of hydrogen-bond acceptors (Lipinski definition) is 5. The largest absolute Gasteiger partial charge is 0.379 e.